The number of carbonyl (C=O) groups excluding carboxylic acids is 1. The van der Waals surface area contributed by atoms with Gasteiger partial charge in [0, 0.05) is 19.0 Å². The van der Waals surface area contributed by atoms with Crippen molar-refractivity contribution in [2.45, 2.75) is 39.5 Å². The summed E-state index contributed by atoms with van der Waals surface area (Å²) in [5.74, 6) is 0.496. The average Bonchev–Trinajstić information content (AvgIpc) is 2.92. The van der Waals surface area contributed by atoms with Crippen LogP contribution in [0.3, 0.4) is 0 Å². The molecule has 2 saturated heterocycles. The SMILES string of the molecule is C1CCNC1.CC(C)C(=O)N1CCCC1. The van der Waals surface area contributed by atoms with Gasteiger partial charge in [-0.3, -0.25) is 4.79 Å². The van der Waals surface area contributed by atoms with Crippen molar-refractivity contribution in [1.29, 1.82) is 0 Å². The van der Waals surface area contributed by atoms with Crippen LogP contribution in [0.4, 0.5) is 0 Å². The van der Waals surface area contributed by atoms with Gasteiger partial charge in [0.25, 0.3) is 0 Å². The van der Waals surface area contributed by atoms with Gasteiger partial charge in [0.1, 0.15) is 0 Å². The minimum absolute atomic E-state index is 0.179. The lowest BCUT2D eigenvalue weighted by molar-refractivity contribution is -0.133. The van der Waals surface area contributed by atoms with E-state index in [0.29, 0.717) is 5.91 Å². The number of nitrogens with one attached hydrogen (secondary N) is 1. The van der Waals surface area contributed by atoms with Crippen LogP contribution in [0.2, 0.25) is 0 Å². The summed E-state index contributed by atoms with van der Waals surface area (Å²) < 4.78 is 0. The quantitative estimate of drug-likeness (QED) is 0.716. The summed E-state index contributed by atoms with van der Waals surface area (Å²) in [5, 5.41) is 3.22. The highest BCUT2D eigenvalue weighted by Gasteiger charge is 2.19. The van der Waals surface area contributed by atoms with E-state index in [1.165, 1.54) is 38.8 Å². The van der Waals surface area contributed by atoms with Crippen molar-refractivity contribution in [3.63, 3.8) is 0 Å². The van der Waals surface area contributed by atoms with Gasteiger partial charge >= 0.3 is 0 Å². The maximum atomic E-state index is 11.3. The van der Waals surface area contributed by atoms with Crippen molar-refractivity contribution < 1.29 is 4.79 Å². The summed E-state index contributed by atoms with van der Waals surface area (Å²) in [6.45, 7) is 8.38. The fourth-order valence-corrected chi connectivity index (χ4v) is 1.93. The Balaban J connectivity index is 0.000000187. The largest absolute Gasteiger partial charge is 0.342 e. The molecule has 0 aromatic carbocycles. The molecule has 88 valence electrons. The van der Waals surface area contributed by atoms with Crippen LogP contribution in [0, 0.1) is 5.92 Å². The zero-order chi connectivity index (χ0) is 11.1. The topological polar surface area (TPSA) is 32.3 Å². The lowest BCUT2D eigenvalue weighted by atomic mass is 10.2. The third-order valence-electron chi connectivity index (χ3n) is 2.87. The van der Waals surface area contributed by atoms with Crippen molar-refractivity contribution in [3.8, 4) is 0 Å². The molecule has 0 atom stereocenters. The van der Waals surface area contributed by atoms with E-state index in [2.05, 4.69) is 5.32 Å². The molecule has 2 aliphatic heterocycles. The lowest BCUT2D eigenvalue weighted by Gasteiger charge is -2.17. The molecule has 0 bridgehead atoms. The number of nitrogens with zero attached hydrogens (tertiary/aromatic N) is 1. The molecule has 1 N–H and O–H groups in total. The molecule has 0 saturated carbocycles. The molecule has 2 fully saturated rings. The third-order valence-corrected chi connectivity index (χ3v) is 2.87. The minimum atomic E-state index is 0.179. The summed E-state index contributed by atoms with van der Waals surface area (Å²) in [6, 6.07) is 0. The highest BCUT2D eigenvalue weighted by atomic mass is 16.2. The second-order valence-corrected chi connectivity index (χ2v) is 4.64. The van der Waals surface area contributed by atoms with Crippen molar-refractivity contribution in [3.05, 3.63) is 0 Å². The first kappa shape index (κ1) is 12.5. The summed E-state index contributed by atoms with van der Waals surface area (Å²) in [5.41, 5.74) is 0. The first-order valence-electron chi connectivity index (χ1n) is 6.21. The fourth-order valence-electron chi connectivity index (χ4n) is 1.93. The zero-order valence-electron chi connectivity index (χ0n) is 10.1. The van der Waals surface area contributed by atoms with Gasteiger partial charge in [0.2, 0.25) is 5.91 Å². The molecular formula is C12H24N2O. The van der Waals surface area contributed by atoms with E-state index >= 15 is 0 Å². The van der Waals surface area contributed by atoms with Crippen LogP contribution >= 0.6 is 0 Å². The number of carbonyl (C=O) groups is 1. The first-order valence-corrected chi connectivity index (χ1v) is 6.21. The van der Waals surface area contributed by atoms with Crippen molar-refractivity contribution in [2.75, 3.05) is 26.2 Å². The van der Waals surface area contributed by atoms with E-state index in [1.807, 2.05) is 18.7 Å². The van der Waals surface area contributed by atoms with Crippen LogP contribution in [-0.4, -0.2) is 37.0 Å². The Hall–Kier alpha value is -0.570. The molecule has 0 radical (unpaired) electrons. The number of hydrogen-bond donors (Lipinski definition) is 1. The molecular weight excluding hydrogens is 188 g/mol. The van der Waals surface area contributed by atoms with Crippen LogP contribution < -0.4 is 5.32 Å². The Morgan fingerprint density at radius 1 is 1.07 bits per heavy atom. The van der Waals surface area contributed by atoms with Gasteiger partial charge in [-0.05, 0) is 38.8 Å². The molecule has 2 rings (SSSR count). The molecule has 2 heterocycles. The van der Waals surface area contributed by atoms with E-state index in [1.54, 1.807) is 0 Å². The van der Waals surface area contributed by atoms with Crippen LogP contribution in [-0.2, 0) is 4.79 Å². The molecule has 3 heteroatoms. The molecule has 0 aromatic heterocycles. The smallest absolute Gasteiger partial charge is 0.225 e. The van der Waals surface area contributed by atoms with Crippen LogP contribution in [0.25, 0.3) is 0 Å². The molecule has 0 aliphatic carbocycles. The Morgan fingerprint density at radius 3 is 1.93 bits per heavy atom. The normalized spacial score (nSPS) is 20.3. The van der Waals surface area contributed by atoms with Crippen molar-refractivity contribution in [2.24, 2.45) is 5.92 Å². The van der Waals surface area contributed by atoms with Gasteiger partial charge in [-0.25, -0.2) is 0 Å². The van der Waals surface area contributed by atoms with Gasteiger partial charge < -0.3 is 10.2 Å². The number of rotatable bonds is 1. The van der Waals surface area contributed by atoms with E-state index in [4.69, 9.17) is 0 Å². The van der Waals surface area contributed by atoms with Crippen LogP contribution in [0.1, 0.15) is 39.5 Å². The highest BCUT2D eigenvalue weighted by Crippen LogP contribution is 2.10. The second kappa shape index (κ2) is 6.83. The van der Waals surface area contributed by atoms with E-state index in [9.17, 15) is 4.79 Å². The molecule has 1 amide bonds. The van der Waals surface area contributed by atoms with Crippen LogP contribution in [0.15, 0.2) is 0 Å². The summed E-state index contributed by atoms with van der Waals surface area (Å²) in [7, 11) is 0. The van der Waals surface area contributed by atoms with E-state index in [-0.39, 0.29) is 5.92 Å². The molecule has 0 unspecified atom stereocenters. The first-order chi connectivity index (χ1) is 7.22. The lowest BCUT2D eigenvalue weighted by Crippen LogP contribution is -2.31. The van der Waals surface area contributed by atoms with Crippen molar-refractivity contribution in [1.82, 2.24) is 10.2 Å². The fraction of sp³-hybridized carbons (Fsp3) is 0.917. The molecule has 0 aromatic rings. The maximum absolute atomic E-state index is 11.3. The Bertz CT molecular complexity index is 174. The molecule has 15 heavy (non-hydrogen) atoms. The minimum Gasteiger partial charge on any atom is -0.342 e. The summed E-state index contributed by atoms with van der Waals surface area (Å²) in [6.07, 6.45) is 5.16. The van der Waals surface area contributed by atoms with E-state index < -0.39 is 0 Å². The second-order valence-electron chi connectivity index (χ2n) is 4.64. The predicted octanol–water partition coefficient (Wildman–Crippen LogP) is 1.63. The van der Waals surface area contributed by atoms with Crippen molar-refractivity contribution >= 4 is 5.91 Å². The monoisotopic (exact) mass is 212 g/mol. The Kier molecular flexibility index (Phi) is 5.69. The van der Waals surface area contributed by atoms with Gasteiger partial charge in [-0.15, -0.1) is 0 Å². The summed E-state index contributed by atoms with van der Waals surface area (Å²) in [4.78, 5) is 13.2. The summed E-state index contributed by atoms with van der Waals surface area (Å²) >= 11 is 0. The number of hydrogen-bond acceptors (Lipinski definition) is 2. The average molecular weight is 212 g/mol. The molecule has 2 aliphatic rings. The highest BCUT2D eigenvalue weighted by molar-refractivity contribution is 5.78. The molecule has 3 nitrogen and oxygen atoms in total. The third kappa shape index (κ3) is 4.65. The number of amides is 1. The van der Waals surface area contributed by atoms with Gasteiger partial charge in [-0.2, -0.15) is 0 Å². The Labute approximate surface area is 93.2 Å². The predicted molar refractivity (Wildman–Crippen MR) is 62.8 cm³/mol. The van der Waals surface area contributed by atoms with Gasteiger partial charge in [0.15, 0.2) is 0 Å². The Morgan fingerprint density at radius 2 is 1.60 bits per heavy atom. The molecule has 0 spiro atoms. The van der Waals surface area contributed by atoms with Gasteiger partial charge in [-0.1, -0.05) is 13.8 Å². The van der Waals surface area contributed by atoms with Gasteiger partial charge in [0.05, 0.1) is 0 Å². The zero-order valence-corrected chi connectivity index (χ0v) is 10.1. The standard InChI is InChI=1S/C8H15NO.C4H9N/c1-7(2)8(10)9-5-3-4-6-9;1-2-4-5-3-1/h7H,3-6H2,1-2H3;5H,1-4H2. The van der Waals surface area contributed by atoms with E-state index in [0.717, 1.165) is 13.1 Å². The number of likely N-dealkylation sites (tertiary alicyclic amines) is 1. The van der Waals surface area contributed by atoms with Crippen LogP contribution in [0.5, 0.6) is 0 Å². The maximum Gasteiger partial charge on any atom is 0.225 e.